The van der Waals surface area contributed by atoms with Crippen LogP contribution < -0.4 is 26.4 Å². The van der Waals surface area contributed by atoms with Gasteiger partial charge in [-0.2, -0.15) is 0 Å². The van der Waals surface area contributed by atoms with Gasteiger partial charge in [0.25, 0.3) is 0 Å². The Hall–Kier alpha value is -2.85. The number of urea groups is 1. The Labute approximate surface area is 219 Å². The molecule has 0 spiro atoms. The van der Waals surface area contributed by atoms with E-state index in [1.54, 1.807) is 0 Å². The van der Waals surface area contributed by atoms with Crippen molar-refractivity contribution < 1.29 is 29.0 Å². The van der Waals surface area contributed by atoms with E-state index in [0.29, 0.717) is 19.8 Å². The van der Waals surface area contributed by atoms with Gasteiger partial charge in [-0.1, -0.05) is 26.0 Å². The fraction of sp³-hybridized carbons (Fsp3) is 0.667. The van der Waals surface area contributed by atoms with Crippen molar-refractivity contribution in [1.82, 2.24) is 16.0 Å². The van der Waals surface area contributed by atoms with Gasteiger partial charge in [-0.15, -0.1) is 0 Å². The summed E-state index contributed by atoms with van der Waals surface area (Å²) >= 11 is 0. The van der Waals surface area contributed by atoms with Gasteiger partial charge < -0.3 is 36.3 Å². The summed E-state index contributed by atoms with van der Waals surface area (Å²) in [6, 6.07) is 5.63. The summed E-state index contributed by atoms with van der Waals surface area (Å²) in [5, 5.41) is 18.2. The molecule has 37 heavy (non-hydrogen) atoms. The van der Waals surface area contributed by atoms with E-state index >= 15 is 0 Å². The molecule has 0 saturated heterocycles. The van der Waals surface area contributed by atoms with Crippen molar-refractivity contribution in [1.29, 1.82) is 0 Å². The number of carbonyl (C=O) groups excluding carboxylic acids is 2. The van der Waals surface area contributed by atoms with Crippen molar-refractivity contribution in [3.05, 3.63) is 29.8 Å². The first-order valence-corrected chi connectivity index (χ1v) is 13.2. The molecule has 2 heterocycles. The highest BCUT2D eigenvalue weighted by atomic mass is 16.5. The Balaban J connectivity index is 1.75. The minimum atomic E-state index is -1.48. The van der Waals surface area contributed by atoms with Gasteiger partial charge in [0.2, 0.25) is 5.91 Å². The van der Waals surface area contributed by atoms with Crippen LogP contribution in [0.5, 0.6) is 5.75 Å². The van der Waals surface area contributed by atoms with Crippen molar-refractivity contribution >= 4 is 17.9 Å². The molecule has 0 radical (unpaired) electrons. The molecular formula is C27H42N4O6. The van der Waals surface area contributed by atoms with Gasteiger partial charge in [0.05, 0.1) is 19.3 Å². The molecule has 10 heteroatoms. The molecule has 1 unspecified atom stereocenters. The summed E-state index contributed by atoms with van der Waals surface area (Å²) in [5.74, 6) is -0.500. The molecule has 1 aliphatic carbocycles. The third kappa shape index (κ3) is 8.60. The summed E-state index contributed by atoms with van der Waals surface area (Å²) in [4.78, 5) is 38.5. The highest BCUT2D eigenvalue weighted by Gasteiger charge is 2.41. The second-order valence-electron chi connectivity index (χ2n) is 10.9. The lowest BCUT2D eigenvalue weighted by atomic mass is 9.73. The summed E-state index contributed by atoms with van der Waals surface area (Å²) in [6.07, 6.45) is 3.67. The van der Waals surface area contributed by atoms with Gasteiger partial charge in [-0.05, 0) is 68.6 Å². The van der Waals surface area contributed by atoms with Gasteiger partial charge in [-0.3, -0.25) is 4.79 Å². The fourth-order valence-electron chi connectivity index (χ4n) is 4.73. The van der Waals surface area contributed by atoms with Crippen LogP contribution in [0.4, 0.5) is 4.79 Å². The highest BCUT2D eigenvalue weighted by molar-refractivity contribution is 5.90. The second-order valence-corrected chi connectivity index (χ2v) is 10.9. The molecule has 3 aliphatic rings. The summed E-state index contributed by atoms with van der Waals surface area (Å²) < 4.78 is 11.6. The zero-order chi connectivity index (χ0) is 27.0. The quantitative estimate of drug-likeness (QED) is 0.387. The Bertz CT molecular complexity index is 918. The molecule has 6 N–H and O–H groups in total. The van der Waals surface area contributed by atoms with Gasteiger partial charge in [0.15, 0.2) is 0 Å². The van der Waals surface area contributed by atoms with E-state index in [2.05, 4.69) is 16.0 Å². The van der Waals surface area contributed by atoms with Gasteiger partial charge >= 0.3 is 12.0 Å². The van der Waals surface area contributed by atoms with Crippen molar-refractivity contribution in [2.45, 2.75) is 83.0 Å². The van der Waals surface area contributed by atoms with Crippen molar-refractivity contribution in [2.75, 3.05) is 19.8 Å². The van der Waals surface area contributed by atoms with E-state index in [1.165, 1.54) is 6.92 Å². The molecule has 1 fully saturated rings. The average molecular weight is 519 g/mol. The first-order chi connectivity index (χ1) is 17.6. The number of fused-ring (bicyclic) bond motifs is 13. The third-order valence-electron chi connectivity index (χ3n) is 7.20. The third-order valence-corrected chi connectivity index (χ3v) is 7.20. The molecule has 206 valence electrons. The molecule has 0 aromatic heterocycles. The number of nitrogens with two attached hydrogens (primary N) is 1. The predicted molar refractivity (Wildman–Crippen MR) is 139 cm³/mol. The van der Waals surface area contributed by atoms with Crippen LogP contribution in [0.3, 0.4) is 0 Å². The topological polar surface area (TPSA) is 152 Å². The van der Waals surface area contributed by atoms with Crippen LogP contribution in [0.1, 0.15) is 58.4 Å². The van der Waals surface area contributed by atoms with Gasteiger partial charge in [-0.25, -0.2) is 9.59 Å². The lowest BCUT2D eigenvalue weighted by molar-refractivity contribution is -0.144. The SMILES string of the molecule is CC(C)[C@H]1COCCCCOc2ccc(cc2)C[C@@H](NC(=O)NC(C)(CC2CC(N)C2)C(=O)O)C(=O)N1. The zero-order valence-corrected chi connectivity index (χ0v) is 22.1. The fourth-order valence-corrected chi connectivity index (χ4v) is 4.73. The van der Waals surface area contributed by atoms with E-state index < -0.39 is 23.6 Å². The maximum Gasteiger partial charge on any atom is 0.329 e. The number of carbonyl (C=O) groups is 3. The van der Waals surface area contributed by atoms with Gasteiger partial charge in [0.1, 0.15) is 17.3 Å². The minimum absolute atomic E-state index is 0.0774. The lowest BCUT2D eigenvalue weighted by Crippen LogP contribution is -2.61. The number of carboxylic acid groups (broad SMARTS) is 1. The smallest absolute Gasteiger partial charge is 0.329 e. The average Bonchev–Trinajstić information content (AvgIpc) is 2.81. The molecule has 1 aromatic rings. The molecule has 1 aromatic carbocycles. The second kappa shape index (κ2) is 13.1. The van der Waals surface area contributed by atoms with Crippen LogP contribution in [0.15, 0.2) is 24.3 Å². The molecule has 2 bridgehead atoms. The molecule has 10 nitrogen and oxygen atoms in total. The van der Waals surface area contributed by atoms with Crippen LogP contribution in [-0.2, 0) is 20.7 Å². The van der Waals surface area contributed by atoms with Crippen LogP contribution in [0, 0.1) is 11.8 Å². The number of aliphatic carboxylic acids is 1. The standard InChI is InChI=1S/C27H42N4O6/c1-17(2)23-16-36-10-4-5-11-37-21-8-6-18(7-9-21)14-22(24(32)29-23)30-26(35)31-27(3,25(33)34)15-19-12-20(28)13-19/h6-9,17,19-20,22-23H,4-5,10-16,28H2,1-3H3,(H,29,32)(H,33,34)(H2,30,31,35)/t19?,20?,22-,23-,27?/m1/s1. The van der Waals surface area contributed by atoms with Crippen molar-refractivity contribution in [2.24, 2.45) is 17.6 Å². The number of ether oxygens (including phenoxy) is 2. The Morgan fingerprint density at radius 3 is 2.49 bits per heavy atom. The van der Waals surface area contributed by atoms with Crippen molar-refractivity contribution in [3.63, 3.8) is 0 Å². The molecule has 3 atom stereocenters. The predicted octanol–water partition coefficient (Wildman–Crippen LogP) is 2.20. The van der Waals surface area contributed by atoms with Crippen LogP contribution >= 0.6 is 0 Å². The maximum atomic E-state index is 13.4. The number of hydrogen-bond donors (Lipinski definition) is 5. The summed E-state index contributed by atoms with van der Waals surface area (Å²) in [7, 11) is 0. The number of hydrogen-bond acceptors (Lipinski definition) is 6. The summed E-state index contributed by atoms with van der Waals surface area (Å²) in [5.41, 5.74) is 5.21. The van der Waals surface area contributed by atoms with E-state index in [-0.39, 0.29) is 42.7 Å². The van der Waals surface area contributed by atoms with Crippen molar-refractivity contribution in [3.8, 4) is 5.75 Å². The monoisotopic (exact) mass is 518 g/mol. The van der Waals surface area contributed by atoms with E-state index in [9.17, 15) is 19.5 Å². The largest absolute Gasteiger partial charge is 0.494 e. The van der Waals surface area contributed by atoms with E-state index in [1.807, 2.05) is 38.1 Å². The van der Waals surface area contributed by atoms with Gasteiger partial charge in [0, 0.05) is 19.1 Å². The molecular weight excluding hydrogens is 476 g/mol. The molecule has 1 saturated carbocycles. The van der Waals surface area contributed by atoms with Crippen LogP contribution in [0.25, 0.3) is 0 Å². The van der Waals surface area contributed by atoms with E-state index in [0.717, 1.165) is 37.0 Å². The van der Waals surface area contributed by atoms with E-state index in [4.69, 9.17) is 15.2 Å². The Morgan fingerprint density at radius 1 is 1.19 bits per heavy atom. The minimum Gasteiger partial charge on any atom is -0.494 e. The zero-order valence-electron chi connectivity index (χ0n) is 22.1. The lowest BCUT2D eigenvalue weighted by Gasteiger charge is -2.38. The highest BCUT2D eigenvalue weighted by Crippen LogP contribution is 2.33. The number of carboxylic acids is 1. The van der Waals surface area contributed by atoms with Crippen LogP contribution in [0.2, 0.25) is 0 Å². The first-order valence-electron chi connectivity index (χ1n) is 13.2. The normalized spacial score (nSPS) is 26.8. The molecule has 3 amide bonds. The number of nitrogens with one attached hydrogen (secondary N) is 3. The Kier molecular flexibility index (Phi) is 10.2. The molecule has 4 rings (SSSR count). The first kappa shape index (κ1) is 28.7. The van der Waals surface area contributed by atoms with Crippen LogP contribution in [-0.4, -0.2) is 66.5 Å². The number of amides is 3. The number of benzene rings is 1. The summed E-state index contributed by atoms with van der Waals surface area (Å²) in [6.45, 7) is 7.00. The molecule has 2 aliphatic heterocycles. The number of rotatable bonds is 6. The Morgan fingerprint density at radius 2 is 1.86 bits per heavy atom. The maximum absolute atomic E-state index is 13.4.